The van der Waals surface area contributed by atoms with Gasteiger partial charge in [0.25, 0.3) is 0 Å². The second kappa shape index (κ2) is 2.01. The van der Waals surface area contributed by atoms with Crippen LogP contribution in [0, 0.1) is 23.7 Å². The molecule has 0 aromatic carbocycles. The van der Waals surface area contributed by atoms with E-state index in [2.05, 4.69) is 37.0 Å². The van der Waals surface area contributed by atoms with Crippen molar-refractivity contribution >= 4 is 0 Å². The van der Waals surface area contributed by atoms with Crippen LogP contribution >= 0.6 is 0 Å². The zero-order valence-corrected chi connectivity index (χ0v) is 6.98. The summed E-state index contributed by atoms with van der Waals surface area (Å²) in [5.41, 5.74) is 1.46. The van der Waals surface area contributed by atoms with Crippen LogP contribution < -0.4 is 0 Å². The number of hydrogen-bond acceptors (Lipinski definition) is 0. The Kier molecular flexibility index (Phi) is 1.08. The zero-order valence-electron chi connectivity index (χ0n) is 6.98. The summed E-state index contributed by atoms with van der Waals surface area (Å²) in [5, 5.41) is 0. The summed E-state index contributed by atoms with van der Waals surface area (Å²) in [6.07, 6.45) is 13.8. The van der Waals surface area contributed by atoms with E-state index >= 15 is 0 Å². The molecule has 2 atom stereocenters. The summed E-state index contributed by atoms with van der Waals surface area (Å²) in [7, 11) is 0. The molecule has 2 unspecified atom stereocenters. The number of allylic oxidation sites excluding steroid dienone is 7. The van der Waals surface area contributed by atoms with Gasteiger partial charge in [-0.1, -0.05) is 43.0 Å². The van der Waals surface area contributed by atoms with Crippen LogP contribution in [-0.4, -0.2) is 0 Å². The monoisotopic (exact) mass is 156 g/mol. The van der Waals surface area contributed by atoms with Crippen LogP contribution in [0.15, 0.2) is 48.6 Å². The Morgan fingerprint density at radius 1 is 1.08 bits per heavy atom. The first-order chi connectivity index (χ1) is 5.90. The molecular weight excluding hydrogens is 144 g/mol. The first-order valence-electron chi connectivity index (χ1n) is 4.61. The van der Waals surface area contributed by atoms with Gasteiger partial charge in [0.05, 0.1) is 0 Å². The molecule has 0 heteroatoms. The molecule has 4 rings (SSSR count). The SMILES string of the molecule is C=CC1=CC2C=CC3C(C=C2)C13. The number of rotatable bonds is 1. The molecule has 0 radical (unpaired) electrons. The molecule has 1 saturated carbocycles. The van der Waals surface area contributed by atoms with Gasteiger partial charge in [0.1, 0.15) is 0 Å². The van der Waals surface area contributed by atoms with Gasteiger partial charge in [0.15, 0.2) is 0 Å². The molecule has 0 aliphatic heterocycles. The van der Waals surface area contributed by atoms with Crippen molar-refractivity contribution in [1.29, 1.82) is 0 Å². The number of hydrogen-bond donors (Lipinski definition) is 0. The highest BCUT2D eigenvalue weighted by molar-refractivity contribution is 5.41. The Balaban J connectivity index is 2.13. The van der Waals surface area contributed by atoms with Crippen molar-refractivity contribution in [2.24, 2.45) is 23.7 Å². The van der Waals surface area contributed by atoms with Crippen molar-refractivity contribution in [3.8, 4) is 0 Å². The van der Waals surface area contributed by atoms with Gasteiger partial charge >= 0.3 is 0 Å². The molecule has 4 bridgehead atoms. The van der Waals surface area contributed by atoms with Gasteiger partial charge in [-0.25, -0.2) is 0 Å². The fourth-order valence-electron chi connectivity index (χ4n) is 2.53. The van der Waals surface area contributed by atoms with Crippen LogP contribution in [0.1, 0.15) is 0 Å². The van der Waals surface area contributed by atoms with E-state index in [1.807, 2.05) is 6.08 Å². The minimum absolute atomic E-state index is 0.540. The lowest BCUT2D eigenvalue weighted by Crippen LogP contribution is -1.86. The molecule has 0 saturated heterocycles. The Labute approximate surface area is 73.0 Å². The van der Waals surface area contributed by atoms with Crippen molar-refractivity contribution in [3.05, 3.63) is 48.6 Å². The van der Waals surface area contributed by atoms with Crippen LogP contribution in [0.2, 0.25) is 0 Å². The smallest absolute Gasteiger partial charge is 0.0133 e. The van der Waals surface area contributed by atoms with Crippen molar-refractivity contribution in [3.63, 3.8) is 0 Å². The average molecular weight is 156 g/mol. The van der Waals surface area contributed by atoms with E-state index in [1.165, 1.54) is 5.57 Å². The molecule has 0 amide bonds. The first-order valence-corrected chi connectivity index (χ1v) is 4.61. The Morgan fingerprint density at radius 3 is 2.33 bits per heavy atom. The maximum Gasteiger partial charge on any atom is 0.0133 e. The zero-order chi connectivity index (χ0) is 8.13. The third kappa shape index (κ3) is 0.677. The van der Waals surface area contributed by atoms with Gasteiger partial charge in [0.2, 0.25) is 0 Å². The highest BCUT2D eigenvalue weighted by Gasteiger charge is 2.49. The normalized spacial score (nSPS) is 46.5. The Morgan fingerprint density at radius 2 is 1.75 bits per heavy atom. The maximum atomic E-state index is 3.88. The molecule has 4 aliphatic rings. The van der Waals surface area contributed by atoms with Crippen molar-refractivity contribution in [2.75, 3.05) is 0 Å². The van der Waals surface area contributed by atoms with Crippen LogP contribution in [0.25, 0.3) is 0 Å². The fourth-order valence-corrected chi connectivity index (χ4v) is 2.53. The van der Waals surface area contributed by atoms with Gasteiger partial charge < -0.3 is 0 Å². The molecule has 0 nitrogen and oxygen atoms in total. The summed E-state index contributed by atoms with van der Waals surface area (Å²) in [4.78, 5) is 0. The minimum Gasteiger partial charge on any atom is -0.0988 e. The quantitative estimate of drug-likeness (QED) is 0.512. The molecule has 0 N–H and O–H groups in total. The largest absolute Gasteiger partial charge is 0.0988 e. The van der Waals surface area contributed by atoms with Crippen molar-refractivity contribution < 1.29 is 0 Å². The summed E-state index contributed by atoms with van der Waals surface area (Å²) in [5.74, 6) is 2.89. The lowest BCUT2D eigenvalue weighted by atomic mass is 10.1. The van der Waals surface area contributed by atoms with Crippen molar-refractivity contribution in [2.45, 2.75) is 0 Å². The molecule has 12 heavy (non-hydrogen) atoms. The maximum absolute atomic E-state index is 3.88. The summed E-state index contributed by atoms with van der Waals surface area (Å²) in [6.45, 7) is 3.88. The molecule has 0 aromatic heterocycles. The van der Waals surface area contributed by atoms with E-state index in [9.17, 15) is 0 Å². The van der Waals surface area contributed by atoms with Gasteiger partial charge in [-0.15, -0.1) is 0 Å². The third-order valence-electron chi connectivity index (χ3n) is 3.25. The van der Waals surface area contributed by atoms with E-state index < -0.39 is 0 Å². The van der Waals surface area contributed by atoms with Crippen LogP contribution in [0.3, 0.4) is 0 Å². The minimum atomic E-state index is 0.540. The average Bonchev–Trinajstić information content (AvgIpc) is 2.82. The van der Waals surface area contributed by atoms with Gasteiger partial charge in [-0.3, -0.25) is 0 Å². The summed E-state index contributed by atoms with van der Waals surface area (Å²) in [6, 6.07) is 0. The van der Waals surface area contributed by atoms with Gasteiger partial charge in [0, 0.05) is 5.92 Å². The lowest BCUT2D eigenvalue weighted by molar-refractivity contribution is 0.948. The van der Waals surface area contributed by atoms with E-state index in [1.54, 1.807) is 0 Å². The van der Waals surface area contributed by atoms with E-state index in [0.717, 1.165) is 17.8 Å². The predicted octanol–water partition coefficient (Wildman–Crippen LogP) is 2.72. The topological polar surface area (TPSA) is 0 Å². The fraction of sp³-hybridized carbons (Fsp3) is 0.333. The molecular formula is C12H12. The second-order valence-electron chi connectivity index (χ2n) is 3.90. The molecule has 4 aliphatic carbocycles. The van der Waals surface area contributed by atoms with E-state index in [0.29, 0.717) is 5.92 Å². The molecule has 0 aromatic rings. The van der Waals surface area contributed by atoms with Gasteiger partial charge in [-0.2, -0.15) is 0 Å². The van der Waals surface area contributed by atoms with E-state index in [-0.39, 0.29) is 0 Å². The van der Waals surface area contributed by atoms with E-state index in [4.69, 9.17) is 0 Å². The highest BCUT2D eigenvalue weighted by Crippen LogP contribution is 2.56. The third-order valence-corrected chi connectivity index (χ3v) is 3.25. The summed E-state index contributed by atoms with van der Waals surface area (Å²) < 4.78 is 0. The Bertz CT molecular complexity index is 297. The van der Waals surface area contributed by atoms with Crippen LogP contribution in [-0.2, 0) is 0 Å². The molecule has 0 spiro atoms. The molecule has 0 heterocycles. The molecule has 60 valence electrons. The summed E-state index contributed by atoms with van der Waals surface area (Å²) >= 11 is 0. The van der Waals surface area contributed by atoms with Crippen LogP contribution in [0.4, 0.5) is 0 Å². The van der Waals surface area contributed by atoms with Crippen molar-refractivity contribution in [1.82, 2.24) is 0 Å². The van der Waals surface area contributed by atoms with Crippen LogP contribution in [0.5, 0.6) is 0 Å². The van der Waals surface area contributed by atoms with Gasteiger partial charge in [-0.05, 0) is 23.3 Å². The first kappa shape index (κ1) is 6.47. The molecule has 1 fully saturated rings. The lowest BCUT2D eigenvalue weighted by Gasteiger charge is -1.99. The highest BCUT2D eigenvalue weighted by atomic mass is 14.5. The Hall–Kier alpha value is -1.04. The second-order valence-corrected chi connectivity index (χ2v) is 3.90. The standard InChI is InChI=1S/C12H12/c1-2-9-7-8-3-5-10-11(6-4-8)12(9)10/h2-8,10-12H,1H2. The predicted molar refractivity (Wildman–Crippen MR) is 50.5 cm³/mol.